The highest BCUT2D eigenvalue weighted by Gasteiger charge is 2.47. The lowest BCUT2D eigenvalue weighted by atomic mass is 9.68. The van der Waals surface area contributed by atoms with Crippen molar-refractivity contribution >= 4 is 0 Å². The Morgan fingerprint density at radius 2 is 0.558 bits per heavy atom. The summed E-state index contributed by atoms with van der Waals surface area (Å²) in [7, 11) is 1.70. The zero-order chi connectivity index (χ0) is 59.0. The third kappa shape index (κ3) is 11.0. The van der Waals surface area contributed by atoms with Gasteiger partial charge in [0.2, 0.25) is 0 Å². The van der Waals surface area contributed by atoms with Gasteiger partial charge in [0.15, 0.2) is 0 Å². The molecule has 6 heteroatoms. The van der Waals surface area contributed by atoms with E-state index in [1.807, 2.05) is 72.8 Å². The maximum atomic E-state index is 12.6. The van der Waals surface area contributed by atoms with Crippen LogP contribution in [0.4, 0.5) is 8.78 Å². The van der Waals surface area contributed by atoms with Crippen molar-refractivity contribution in [1.29, 1.82) is 0 Å². The summed E-state index contributed by atoms with van der Waals surface area (Å²) in [5, 5.41) is 19.7. The molecule has 0 bridgehead atoms. The van der Waals surface area contributed by atoms with Gasteiger partial charge in [-0.15, -0.1) is 0 Å². The SMILES string of the molecule is COc1ccc(C2(c3ccc(Oc4ccc(C#Cc5ccc(C)cc5)cc4)cc3)c3ccccc3-c3ccccc32)cc1.Fc1ccc(C#Cc2ccc(F)cc2)cc1.Oc1ccc(C2(c3ccc(O)cc3)c3ccccc3-c3ccccc32)cc1. The first-order valence-electron chi connectivity index (χ1n) is 28.2. The number of benzene rings is 12. The number of rotatable bonds is 7. The molecule has 0 aliphatic heterocycles. The standard InChI is InChI=1S/C41H30O2.C25H18O2.C14H8F2/c1-29-11-13-30(14-12-29)15-16-31-17-23-35(24-18-31)43-36-27-21-33(22-28-36)41(32-19-25-34(42-2)26-20-32)39-9-5-3-7-37(39)38-8-4-6-10-40(38)41;26-19-13-9-17(10-14-19)25(18-11-15-20(27)16-12-18)23-7-3-1-5-21(23)22-6-2-4-8-24(22)25;15-13-7-3-11(4-8-13)1-2-12-5-9-14(16)10-6-12/h3-14,17-28H,1-2H3;1-16,26-27H;3-10H. The minimum Gasteiger partial charge on any atom is -0.508 e. The first-order chi connectivity index (χ1) is 42.1. The number of ether oxygens (including phenoxy) is 2. The van der Waals surface area contributed by atoms with Crippen molar-refractivity contribution in [2.75, 3.05) is 7.11 Å². The fraction of sp³-hybridized carbons (Fsp3) is 0.0500. The van der Waals surface area contributed by atoms with Crippen LogP contribution in [0.3, 0.4) is 0 Å². The van der Waals surface area contributed by atoms with Crippen molar-refractivity contribution in [3.05, 3.63) is 375 Å². The van der Waals surface area contributed by atoms with Crippen molar-refractivity contribution in [1.82, 2.24) is 0 Å². The molecule has 2 aliphatic carbocycles. The molecule has 0 atom stereocenters. The first-order valence-corrected chi connectivity index (χ1v) is 28.2. The largest absolute Gasteiger partial charge is 0.508 e. The predicted octanol–water partition coefficient (Wildman–Crippen LogP) is 18.4. The number of aryl methyl sites for hydroxylation is 1. The molecule has 0 aromatic heterocycles. The number of hydrogen-bond acceptors (Lipinski definition) is 4. The van der Waals surface area contributed by atoms with Gasteiger partial charge >= 0.3 is 0 Å². The Balaban J connectivity index is 0.000000142. The zero-order valence-electron chi connectivity index (χ0n) is 47.2. The minimum absolute atomic E-state index is 0.249. The number of aromatic hydroxyl groups is 2. The summed E-state index contributed by atoms with van der Waals surface area (Å²) in [5.74, 6) is 14.5. The monoisotopic (exact) mass is 1120 g/mol. The lowest BCUT2D eigenvalue weighted by Gasteiger charge is -2.34. The summed E-state index contributed by atoms with van der Waals surface area (Å²) in [6.45, 7) is 2.08. The third-order valence-electron chi connectivity index (χ3n) is 15.8. The molecule has 12 aromatic rings. The van der Waals surface area contributed by atoms with E-state index < -0.39 is 10.8 Å². The Morgan fingerprint density at radius 3 is 0.872 bits per heavy atom. The van der Waals surface area contributed by atoms with Crippen molar-refractivity contribution in [3.63, 3.8) is 0 Å². The van der Waals surface area contributed by atoms with Gasteiger partial charge in [0.1, 0.15) is 40.4 Å². The topological polar surface area (TPSA) is 58.9 Å². The maximum absolute atomic E-state index is 12.6. The lowest BCUT2D eigenvalue weighted by molar-refractivity contribution is 0.414. The molecule has 0 saturated heterocycles. The highest BCUT2D eigenvalue weighted by Crippen LogP contribution is 2.58. The van der Waals surface area contributed by atoms with Crippen molar-refractivity contribution in [2.24, 2.45) is 0 Å². The molecule has 0 spiro atoms. The summed E-state index contributed by atoms with van der Waals surface area (Å²) < 4.78 is 37.0. The molecule has 0 amide bonds. The molecule has 2 N–H and O–H groups in total. The van der Waals surface area contributed by atoms with Gasteiger partial charge in [0.05, 0.1) is 17.9 Å². The second-order valence-corrected chi connectivity index (χ2v) is 21.0. The Kier molecular flexibility index (Phi) is 15.7. The third-order valence-corrected chi connectivity index (χ3v) is 15.8. The van der Waals surface area contributed by atoms with Crippen LogP contribution in [-0.4, -0.2) is 17.3 Å². The van der Waals surface area contributed by atoms with Crippen LogP contribution in [0.1, 0.15) is 72.3 Å². The van der Waals surface area contributed by atoms with Crippen LogP contribution < -0.4 is 9.47 Å². The van der Waals surface area contributed by atoms with E-state index in [2.05, 4.69) is 176 Å². The van der Waals surface area contributed by atoms with Crippen molar-refractivity contribution < 1.29 is 28.5 Å². The fourth-order valence-electron chi connectivity index (χ4n) is 11.8. The Labute approximate surface area is 500 Å². The summed E-state index contributed by atoms with van der Waals surface area (Å²) >= 11 is 0. The second kappa shape index (κ2) is 24.3. The Morgan fingerprint density at radius 1 is 0.302 bits per heavy atom. The maximum Gasteiger partial charge on any atom is 0.127 e. The average Bonchev–Trinajstić information content (AvgIpc) is 1.55. The fourth-order valence-corrected chi connectivity index (χ4v) is 11.8. The number of phenols is 2. The summed E-state index contributed by atoms with van der Waals surface area (Å²) in [5.41, 5.74) is 18.2. The van der Waals surface area contributed by atoms with Crippen LogP contribution >= 0.6 is 0 Å². The number of hydrogen-bond donors (Lipinski definition) is 2. The molecule has 12 aromatic carbocycles. The average molecular weight is 1120 g/mol. The second-order valence-electron chi connectivity index (χ2n) is 21.0. The van der Waals surface area contributed by atoms with Crippen LogP contribution in [0, 0.1) is 42.2 Å². The Bertz CT molecular complexity index is 4290. The van der Waals surface area contributed by atoms with E-state index in [0.717, 1.165) is 50.6 Å². The van der Waals surface area contributed by atoms with Gasteiger partial charge in [-0.25, -0.2) is 8.78 Å². The number of phenolic OH excluding ortho intramolecular Hbond substituents is 2. The van der Waals surface area contributed by atoms with E-state index >= 15 is 0 Å². The first kappa shape index (κ1) is 55.4. The van der Waals surface area contributed by atoms with Gasteiger partial charge in [-0.2, -0.15) is 0 Å². The minimum atomic E-state index is -0.491. The Hall–Kier alpha value is -11.2. The quantitative estimate of drug-likeness (QED) is 0.156. The van der Waals surface area contributed by atoms with Crippen molar-refractivity contribution in [2.45, 2.75) is 17.8 Å². The van der Waals surface area contributed by atoms with Crippen LogP contribution in [0.25, 0.3) is 22.3 Å². The molecule has 0 saturated carbocycles. The van der Waals surface area contributed by atoms with E-state index in [1.54, 1.807) is 55.6 Å². The normalized spacial score (nSPS) is 12.3. The van der Waals surface area contributed by atoms with Gasteiger partial charge in [-0.1, -0.05) is 187 Å². The smallest absolute Gasteiger partial charge is 0.127 e. The molecular formula is C80H56F2O4. The molecule has 4 nitrogen and oxygen atoms in total. The van der Waals surface area contributed by atoms with Crippen molar-refractivity contribution in [3.8, 4) is 74.7 Å². The van der Waals surface area contributed by atoms with Gasteiger partial charge in [0.25, 0.3) is 0 Å². The number of fused-ring (bicyclic) bond motifs is 6. The molecule has 14 rings (SSSR count). The van der Waals surface area contributed by atoms with E-state index in [1.165, 1.54) is 85.5 Å². The van der Waals surface area contributed by atoms with Gasteiger partial charge in [0, 0.05) is 22.3 Å². The predicted molar refractivity (Wildman–Crippen MR) is 340 cm³/mol. The highest BCUT2D eigenvalue weighted by atomic mass is 19.1. The lowest BCUT2D eigenvalue weighted by Crippen LogP contribution is -2.28. The molecule has 0 heterocycles. The van der Waals surface area contributed by atoms with Gasteiger partial charge in [-0.05, 0) is 207 Å². The van der Waals surface area contributed by atoms with E-state index in [9.17, 15) is 19.0 Å². The van der Waals surface area contributed by atoms with E-state index in [-0.39, 0.29) is 23.1 Å². The zero-order valence-corrected chi connectivity index (χ0v) is 47.2. The summed E-state index contributed by atoms with van der Waals surface area (Å²) in [4.78, 5) is 0. The molecule has 414 valence electrons. The van der Waals surface area contributed by atoms with Gasteiger partial charge < -0.3 is 19.7 Å². The molecule has 0 fully saturated rings. The molecule has 0 radical (unpaired) electrons. The molecule has 0 unspecified atom stereocenters. The number of halogens is 2. The van der Waals surface area contributed by atoms with Crippen LogP contribution in [0.2, 0.25) is 0 Å². The van der Waals surface area contributed by atoms with Crippen LogP contribution in [0.15, 0.2) is 291 Å². The van der Waals surface area contributed by atoms with E-state index in [0.29, 0.717) is 0 Å². The number of methoxy groups -OCH3 is 1. The van der Waals surface area contributed by atoms with E-state index in [4.69, 9.17) is 9.47 Å². The summed E-state index contributed by atoms with van der Waals surface area (Å²) in [6.07, 6.45) is 0. The highest BCUT2D eigenvalue weighted by molar-refractivity contribution is 5.87. The molecule has 86 heavy (non-hydrogen) atoms. The van der Waals surface area contributed by atoms with Crippen LogP contribution in [-0.2, 0) is 10.8 Å². The molecular weight excluding hydrogens is 1060 g/mol. The summed E-state index contributed by atoms with van der Waals surface area (Å²) in [6, 6.07) is 94.3. The van der Waals surface area contributed by atoms with Gasteiger partial charge in [-0.3, -0.25) is 0 Å². The van der Waals surface area contributed by atoms with Crippen LogP contribution in [0.5, 0.6) is 28.7 Å². The molecule has 2 aliphatic rings.